The molecule has 0 bridgehead atoms. The van der Waals surface area contributed by atoms with E-state index in [0.717, 1.165) is 12.3 Å². The van der Waals surface area contributed by atoms with Gasteiger partial charge >= 0.3 is 0 Å². The van der Waals surface area contributed by atoms with Crippen molar-refractivity contribution in [1.29, 1.82) is 0 Å². The molecule has 80 valence electrons. The minimum Gasteiger partial charge on any atom is -0.380 e. The summed E-state index contributed by atoms with van der Waals surface area (Å²) < 4.78 is 0. The average molecular weight is 227 g/mol. The lowest BCUT2D eigenvalue weighted by atomic mass is 10.1. The predicted molar refractivity (Wildman–Crippen MR) is 69.8 cm³/mol. The maximum Gasteiger partial charge on any atom is 0.0481 e. The molecule has 0 aromatic heterocycles. The second kappa shape index (κ2) is 4.22. The number of anilines is 1. The highest BCUT2D eigenvalue weighted by Crippen LogP contribution is 2.33. The summed E-state index contributed by atoms with van der Waals surface area (Å²) in [5.74, 6) is 1.06. The van der Waals surface area contributed by atoms with Crippen LogP contribution in [0, 0.1) is 0 Å². The van der Waals surface area contributed by atoms with Crippen molar-refractivity contribution in [3.05, 3.63) is 59.7 Å². The molecule has 2 aromatic rings. The van der Waals surface area contributed by atoms with Crippen LogP contribution in [0.5, 0.6) is 0 Å². The average Bonchev–Trinajstić information content (AvgIpc) is 2.32. The molecule has 0 amide bonds. The molecule has 16 heavy (non-hydrogen) atoms. The zero-order valence-corrected chi connectivity index (χ0v) is 9.76. The summed E-state index contributed by atoms with van der Waals surface area (Å²) in [6, 6.07) is 17.2. The fourth-order valence-corrected chi connectivity index (χ4v) is 3.02. The number of benzene rings is 2. The SMILES string of the molecule is c1ccc2c(c1)CNc1ccccc1SC2. The summed E-state index contributed by atoms with van der Waals surface area (Å²) in [5.41, 5.74) is 4.10. The molecule has 0 unspecified atom stereocenters. The molecule has 0 spiro atoms. The lowest BCUT2D eigenvalue weighted by Crippen LogP contribution is -2.05. The largest absolute Gasteiger partial charge is 0.380 e. The third-order valence-corrected chi connectivity index (χ3v) is 3.98. The van der Waals surface area contributed by atoms with E-state index in [1.54, 1.807) is 0 Å². The van der Waals surface area contributed by atoms with Crippen LogP contribution in [-0.4, -0.2) is 0 Å². The molecule has 1 heterocycles. The van der Waals surface area contributed by atoms with E-state index in [2.05, 4.69) is 53.8 Å². The highest BCUT2D eigenvalue weighted by atomic mass is 32.2. The Bertz CT molecular complexity index is 414. The number of thioether (sulfide) groups is 1. The molecule has 0 saturated carbocycles. The van der Waals surface area contributed by atoms with Gasteiger partial charge in [-0.1, -0.05) is 36.4 Å². The Morgan fingerprint density at radius 1 is 0.875 bits per heavy atom. The molecule has 0 saturated heterocycles. The van der Waals surface area contributed by atoms with Crippen LogP contribution in [-0.2, 0) is 12.3 Å². The smallest absolute Gasteiger partial charge is 0.0481 e. The molecule has 2 aromatic carbocycles. The first-order chi connectivity index (χ1) is 7.93. The quantitative estimate of drug-likeness (QED) is 0.732. The van der Waals surface area contributed by atoms with Crippen molar-refractivity contribution in [2.75, 3.05) is 5.32 Å². The second-order valence-corrected chi connectivity index (χ2v) is 4.92. The lowest BCUT2D eigenvalue weighted by Gasteiger charge is -2.17. The first kappa shape index (κ1) is 9.79. The summed E-state index contributed by atoms with van der Waals surface area (Å²) in [7, 11) is 0. The van der Waals surface area contributed by atoms with Gasteiger partial charge in [-0.3, -0.25) is 0 Å². The van der Waals surface area contributed by atoms with E-state index in [1.165, 1.54) is 21.7 Å². The van der Waals surface area contributed by atoms with Crippen molar-refractivity contribution in [2.24, 2.45) is 0 Å². The topological polar surface area (TPSA) is 12.0 Å². The highest BCUT2D eigenvalue weighted by molar-refractivity contribution is 7.98. The minimum atomic E-state index is 0.924. The molecule has 3 rings (SSSR count). The Morgan fingerprint density at radius 3 is 2.56 bits per heavy atom. The Morgan fingerprint density at radius 2 is 1.62 bits per heavy atom. The number of hydrogen-bond acceptors (Lipinski definition) is 2. The Hall–Kier alpha value is -1.41. The van der Waals surface area contributed by atoms with Crippen molar-refractivity contribution < 1.29 is 0 Å². The van der Waals surface area contributed by atoms with Gasteiger partial charge in [0.15, 0.2) is 0 Å². The van der Waals surface area contributed by atoms with E-state index >= 15 is 0 Å². The number of hydrogen-bond donors (Lipinski definition) is 1. The van der Waals surface area contributed by atoms with Crippen LogP contribution in [0.3, 0.4) is 0 Å². The van der Waals surface area contributed by atoms with E-state index in [-0.39, 0.29) is 0 Å². The highest BCUT2D eigenvalue weighted by Gasteiger charge is 2.09. The minimum absolute atomic E-state index is 0.924. The summed E-state index contributed by atoms with van der Waals surface area (Å²) in [5, 5.41) is 3.50. The lowest BCUT2D eigenvalue weighted by molar-refractivity contribution is 1.09. The molecule has 1 nitrogen and oxygen atoms in total. The zero-order valence-electron chi connectivity index (χ0n) is 8.94. The summed E-state index contributed by atoms with van der Waals surface area (Å²) >= 11 is 1.90. The monoisotopic (exact) mass is 227 g/mol. The Kier molecular flexibility index (Phi) is 2.58. The Balaban J connectivity index is 1.97. The van der Waals surface area contributed by atoms with Gasteiger partial charge in [0.2, 0.25) is 0 Å². The standard InChI is InChI=1S/C14H13NS/c1-2-6-12-10-16-14-8-4-3-7-13(14)15-9-11(12)5-1/h1-8,15H,9-10H2. The van der Waals surface area contributed by atoms with Gasteiger partial charge in [0.1, 0.15) is 0 Å². The fourth-order valence-electron chi connectivity index (χ4n) is 1.96. The third-order valence-electron chi connectivity index (χ3n) is 2.86. The predicted octanol–water partition coefficient (Wildman–Crippen LogP) is 3.90. The summed E-state index contributed by atoms with van der Waals surface area (Å²) in [4.78, 5) is 1.34. The van der Waals surface area contributed by atoms with E-state index in [9.17, 15) is 0 Å². The number of para-hydroxylation sites is 1. The first-order valence-corrected chi connectivity index (χ1v) is 6.44. The molecule has 2 heteroatoms. The fraction of sp³-hybridized carbons (Fsp3) is 0.143. The van der Waals surface area contributed by atoms with Gasteiger partial charge in [0.05, 0.1) is 0 Å². The molecule has 0 fully saturated rings. The summed E-state index contributed by atoms with van der Waals surface area (Å²) in [6.45, 7) is 0.924. The van der Waals surface area contributed by atoms with E-state index < -0.39 is 0 Å². The van der Waals surface area contributed by atoms with Gasteiger partial charge in [-0.25, -0.2) is 0 Å². The van der Waals surface area contributed by atoms with Crippen molar-refractivity contribution >= 4 is 17.4 Å². The van der Waals surface area contributed by atoms with E-state index in [0.29, 0.717) is 0 Å². The molecular weight excluding hydrogens is 214 g/mol. The maximum atomic E-state index is 3.50. The van der Waals surface area contributed by atoms with Gasteiger partial charge in [-0.05, 0) is 23.3 Å². The molecular formula is C14H13NS. The van der Waals surface area contributed by atoms with E-state index in [1.807, 2.05) is 11.8 Å². The number of fused-ring (bicyclic) bond motifs is 2. The number of nitrogens with one attached hydrogen (secondary N) is 1. The molecule has 1 N–H and O–H groups in total. The van der Waals surface area contributed by atoms with Gasteiger partial charge in [-0.15, -0.1) is 11.8 Å². The van der Waals surface area contributed by atoms with Gasteiger partial charge in [0.25, 0.3) is 0 Å². The zero-order chi connectivity index (χ0) is 10.8. The summed E-state index contributed by atoms with van der Waals surface area (Å²) in [6.07, 6.45) is 0. The van der Waals surface area contributed by atoms with Crippen LogP contribution in [0.25, 0.3) is 0 Å². The van der Waals surface area contributed by atoms with Gasteiger partial charge in [0, 0.05) is 22.9 Å². The van der Waals surface area contributed by atoms with Crippen molar-refractivity contribution in [3.8, 4) is 0 Å². The van der Waals surface area contributed by atoms with Crippen LogP contribution in [0.1, 0.15) is 11.1 Å². The molecule has 1 aliphatic rings. The molecule has 0 atom stereocenters. The molecule has 0 radical (unpaired) electrons. The van der Waals surface area contributed by atoms with Crippen LogP contribution in [0.4, 0.5) is 5.69 Å². The van der Waals surface area contributed by atoms with Crippen LogP contribution in [0.15, 0.2) is 53.4 Å². The van der Waals surface area contributed by atoms with Crippen LogP contribution in [0.2, 0.25) is 0 Å². The van der Waals surface area contributed by atoms with E-state index in [4.69, 9.17) is 0 Å². The van der Waals surface area contributed by atoms with Crippen LogP contribution >= 0.6 is 11.8 Å². The van der Waals surface area contributed by atoms with Crippen molar-refractivity contribution in [2.45, 2.75) is 17.2 Å². The first-order valence-electron chi connectivity index (χ1n) is 5.46. The van der Waals surface area contributed by atoms with Gasteiger partial charge in [-0.2, -0.15) is 0 Å². The maximum absolute atomic E-state index is 3.50. The normalized spacial score (nSPS) is 14.0. The van der Waals surface area contributed by atoms with Gasteiger partial charge < -0.3 is 5.32 Å². The molecule has 0 aliphatic carbocycles. The second-order valence-electron chi connectivity index (χ2n) is 3.91. The van der Waals surface area contributed by atoms with Crippen LogP contribution < -0.4 is 5.32 Å². The Labute approximate surface area is 99.9 Å². The van der Waals surface area contributed by atoms with Crippen molar-refractivity contribution in [3.63, 3.8) is 0 Å². The van der Waals surface area contributed by atoms with Crippen molar-refractivity contribution in [1.82, 2.24) is 0 Å². The third kappa shape index (κ3) is 1.81. The number of rotatable bonds is 0. The molecule has 1 aliphatic heterocycles.